The van der Waals surface area contributed by atoms with E-state index in [0.717, 1.165) is 11.1 Å². The fourth-order valence-corrected chi connectivity index (χ4v) is 3.44. The van der Waals surface area contributed by atoms with Gasteiger partial charge >= 0.3 is 6.09 Å². The van der Waals surface area contributed by atoms with Crippen molar-refractivity contribution in [1.29, 1.82) is 0 Å². The zero-order valence-corrected chi connectivity index (χ0v) is 12.9. The molecular weight excluding hydrogens is 292 g/mol. The number of ether oxygens (including phenoxy) is 1. The first-order valence-corrected chi connectivity index (χ1v) is 8.57. The van der Waals surface area contributed by atoms with Gasteiger partial charge in [-0.15, -0.1) is 0 Å². The molecule has 0 aromatic heterocycles. The molecule has 1 aromatic carbocycles. The standard InChI is InChI=1S/C14H20N2O4S/c1-12-5-2-3-6-13(12)11-21(18,19)15-7-4-8-16-9-10-20-14(16)17/h2-3,5-6,15H,4,7-11H2,1H3. The molecule has 2 rings (SSSR count). The van der Waals surface area contributed by atoms with Crippen LogP contribution in [0.2, 0.25) is 0 Å². The highest BCUT2D eigenvalue weighted by molar-refractivity contribution is 7.88. The van der Waals surface area contributed by atoms with Crippen molar-refractivity contribution in [1.82, 2.24) is 9.62 Å². The van der Waals surface area contributed by atoms with Gasteiger partial charge in [-0.05, 0) is 24.5 Å². The number of sulfonamides is 1. The minimum Gasteiger partial charge on any atom is -0.448 e. The van der Waals surface area contributed by atoms with E-state index in [2.05, 4.69) is 4.72 Å². The molecule has 21 heavy (non-hydrogen) atoms. The zero-order chi connectivity index (χ0) is 15.3. The number of aryl methyl sites for hydroxylation is 1. The van der Waals surface area contributed by atoms with Gasteiger partial charge in [-0.25, -0.2) is 17.9 Å². The predicted molar refractivity (Wildman–Crippen MR) is 79.3 cm³/mol. The maximum atomic E-state index is 12.0. The van der Waals surface area contributed by atoms with Gasteiger partial charge in [0.2, 0.25) is 10.0 Å². The number of cyclic esters (lactones) is 1. The molecule has 1 aliphatic rings. The second kappa shape index (κ2) is 6.91. The molecule has 1 aliphatic heterocycles. The van der Waals surface area contributed by atoms with Crippen LogP contribution >= 0.6 is 0 Å². The number of rotatable bonds is 7. The van der Waals surface area contributed by atoms with E-state index < -0.39 is 10.0 Å². The van der Waals surface area contributed by atoms with Crippen LogP contribution < -0.4 is 4.72 Å². The van der Waals surface area contributed by atoms with E-state index >= 15 is 0 Å². The highest BCUT2D eigenvalue weighted by atomic mass is 32.2. The molecule has 1 heterocycles. The van der Waals surface area contributed by atoms with Crippen molar-refractivity contribution < 1.29 is 17.9 Å². The van der Waals surface area contributed by atoms with Gasteiger partial charge in [0, 0.05) is 13.1 Å². The van der Waals surface area contributed by atoms with Crippen molar-refractivity contribution in [2.24, 2.45) is 0 Å². The summed E-state index contributed by atoms with van der Waals surface area (Å²) in [5.41, 5.74) is 1.76. The van der Waals surface area contributed by atoms with Crippen molar-refractivity contribution in [3.8, 4) is 0 Å². The lowest BCUT2D eigenvalue weighted by atomic mass is 10.1. The smallest absolute Gasteiger partial charge is 0.409 e. The number of carbonyl (C=O) groups excluding carboxylic acids is 1. The molecular formula is C14H20N2O4S. The van der Waals surface area contributed by atoms with Gasteiger partial charge in [0.05, 0.1) is 12.3 Å². The third-order valence-corrected chi connectivity index (χ3v) is 4.71. The second-order valence-electron chi connectivity index (χ2n) is 5.03. The van der Waals surface area contributed by atoms with Crippen LogP contribution in [0, 0.1) is 6.92 Å². The van der Waals surface area contributed by atoms with Gasteiger partial charge in [0.1, 0.15) is 6.61 Å². The molecule has 7 heteroatoms. The van der Waals surface area contributed by atoms with E-state index in [-0.39, 0.29) is 11.8 Å². The Labute approximate surface area is 125 Å². The van der Waals surface area contributed by atoms with E-state index in [1.165, 1.54) is 0 Å². The third-order valence-electron chi connectivity index (χ3n) is 3.38. The zero-order valence-electron chi connectivity index (χ0n) is 12.0. The average molecular weight is 312 g/mol. The van der Waals surface area contributed by atoms with Gasteiger partial charge in [0.25, 0.3) is 0 Å². The maximum Gasteiger partial charge on any atom is 0.409 e. The molecule has 0 unspecified atom stereocenters. The molecule has 1 fully saturated rings. The van der Waals surface area contributed by atoms with Crippen LogP contribution in [0.1, 0.15) is 17.5 Å². The molecule has 116 valence electrons. The summed E-state index contributed by atoms with van der Waals surface area (Å²) in [4.78, 5) is 12.8. The highest BCUT2D eigenvalue weighted by Crippen LogP contribution is 2.10. The van der Waals surface area contributed by atoms with Crippen LogP contribution in [0.15, 0.2) is 24.3 Å². The first kappa shape index (κ1) is 15.8. The highest BCUT2D eigenvalue weighted by Gasteiger charge is 2.21. The third kappa shape index (κ3) is 4.71. The van der Waals surface area contributed by atoms with E-state index in [1.54, 1.807) is 4.90 Å². The minimum atomic E-state index is -3.35. The van der Waals surface area contributed by atoms with E-state index in [0.29, 0.717) is 32.7 Å². The van der Waals surface area contributed by atoms with Crippen LogP contribution in [-0.4, -0.2) is 45.7 Å². The number of benzene rings is 1. The van der Waals surface area contributed by atoms with Crippen molar-refractivity contribution in [2.45, 2.75) is 19.1 Å². The van der Waals surface area contributed by atoms with Crippen molar-refractivity contribution in [3.05, 3.63) is 35.4 Å². The molecule has 0 radical (unpaired) electrons. The minimum absolute atomic E-state index is 0.0224. The van der Waals surface area contributed by atoms with E-state index in [1.807, 2.05) is 31.2 Å². The summed E-state index contributed by atoms with van der Waals surface area (Å²) in [5.74, 6) is -0.0224. The summed E-state index contributed by atoms with van der Waals surface area (Å²) in [7, 11) is -3.35. The van der Waals surface area contributed by atoms with Crippen LogP contribution in [-0.2, 0) is 20.5 Å². The Morgan fingerprint density at radius 2 is 2.10 bits per heavy atom. The summed E-state index contributed by atoms with van der Waals surface area (Å²) in [6.45, 7) is 3.71. The van der Waals surface area contributed by atoms with Crippen molar-refractivity contribution in [3.63, 3.8) is 0 Å². The largest absolute Gasteiger partial charge is 0.448 e. The van der Waals surface area contributed by atoms with Crippen molar-refractivity contribution in [2.75, 3.05) is 26.2 Å². The number of hydrogen-bond donors (Lipinski definition) is 1. The summed E-state index contributed by atoms with van der Waals surface area (Å²) in [6, 6.07) is 7.42. The SMILES string of the molecule is Cc1ccccc1CS(=O)(=O)NCCCN1CCOC1=O. The normalized spacial score (nSPS) is 15.3. The summed E-state index contributed by atoms with van der Waals surface area (Å²) in [6.07, 6.45) is 0.250. The molecule has 0 aliphatic carbocycles. The number of carbonyl (C=O) groups is 1. The Balaban J connectivity index is 1.76. The lowest BCUT2D eigenvalue weighted by molar-refractivity contribution is 0.158. The number of nitrogens with one attached hydrogen (secondary N) is 1. The Morgan fingerprint density at radius 1 is 1.33 bits per heavy atom. The Bertz CT molecular complexity index is 601. The molecule has 6 nitrogen and oxygen atoms in total. The van der Waals surface area contributed by atoms with Crippen LogP contribution in [0.4, 0.5) is 4.79 Å². The topological polar surface area (TPSA) is 75.7 Å². The molecule has 0 saturated carbocycles. The van der Waals surface area contributed by atoms with Crippen molar-refractivity contribution >= 4 is 16.1 Å². The first-order chi connectivity index (χ1) is 9.98. The van der Waals surface area contributed by atoms with Gasteiger partial charge in [-0.3, -0.25) is 0 Å². The molecule has 1 N–H and O–H groups in total. The average Bonchev–Trinajstić information content (AvgIpc) is 2.83. The Hall–Kier alpha value is -1.60. The van der Waals surface area contributed by atoms with Gasteiger partial charge in [0.15, 0.2) is 0 Å². The monoisotopic (exact) mass is 312 g/mol. The molecule has 0 spiro atoms. The van der Waals surface area contributed by atoms with Crippen LogP contribution in [0.25, 0.3) is 0 Å². The van der Waals surface area contributed by atoms with Crippen LogP contribution in [0.3, 0.4) is 0 Å². The number of hydrogen-bond acceptors (Lipinski definition) is 4. The fraction of sp³-hybridized carbons (Fsp3) is 0.500. The fourth-order valence-electron chi connectivity index (χ4n) is 2.15. The number of amides is 1. The summed E-state index contributed by atoms with van der Waals surface area (Å²) >= 11 is 0. The molecule has 1 aromatic rings. The molecule has 0 bridgehead atoms. The predicted octanol–water partition coefficient (Wildman–Crippen LogP) is 1.26. The van der Waals surface area contributed by atoms with E-state index in [9.17, 15) is 13.2 Å². The van der Waals surface area contributed by atoms with Gasteiger partial charge < -0.3 is 9.64 Å². The summed E-state index contributed by atoms with van der Waals surface area (Å²) in [5, 5.41) is 0. The lowest BCUT2D eigenvalue weighted by Gasteiger charge is -2.13. The maximum absolute atomic E-state index is 12.0. The second-order valence-corrected chi connectivity index (χ2v) is 6.84. The lowest BCUT2D eigenvalue weighted by Crippen LogP contribution is -2.31. The summed E-state index contributed by atoms with van der Waals surface area (Å²) < 4.78 is 31.4. The van der Waals surface area contributed by atoms with Gasteiger partial charge in [-0.2, -0.15) is 0 Å². The first-order valence-electron chi connectivity index (χ1n) is 6.91. The molecule has 0 atom stereocenters. The molecule has 1 amide bonds. The Kier molecular flexibility index (Phi) is 5.19. The molecule has 1 saturated heterocycles. The van der Waals surface area contributed by atoms with Crippen LogP contribution in [0.5, 0.6) is 0 Å². The quantitative estimate of drug-likeness (QED) is 0.769. The van der Waals surface area contributed by atoms with E-state index in [4.69, 9.17) is 4.74 Å². The Morgan fingerprint density at radius 3 is 2.76 bits per heavy atom. The number of nitrogens with zero attached hydrogens (tertiary/aromatic N) is 1. The van der Waals surface area contributed by atoms with Gasteiger partial charge in [-0.1, -0.05) is 24.3 Å².